The van der Waals surface area contributed by atoms with Gasteiger partial charge in [0.05, 0.1) is 11.0 Å². The van der Waals surface area contributed by atoms with Gasteiger partial charge in [-0.1, -0.05) is 42.0 Å². The summed E-state index contributed by atoms with van der Waals surface area (Å²) in [5.74, 6) is 1.94. The summed E-state index contributed by atoms with van der Waals surface area (Å²) in [4.78, 5) is 4.86. The Morgan fingerprint density at radius 3 is 2.67 bits per heavy atom. The van der Waals surface area contributed by atoms with Gasteiger partial charge < -0.3 is 4.57 Å². The Morgan fingerprint density at radius 1 is 1.10 bits per heavy atom. The molecule has 0 radical (unpaired) electrons. The summed E-state index contributed by atoms with van der Waals surface area (Å²) >= 11 is 0. The molecule has 1 aromatic heterocycles. The minimum atomic E-state index is 0. The second kappa shape index (κ2) is 5.53. The fourth-order valence-corrected chi connectivity index (χ4v) is 2.91. The van der Waals surface area contributed by atoms with Gasteiger partial charge in [-0.25, -0.2) is 4.98 Å². The van der Waals surface area contributed by atoms with Crippen molar-refractivity contribution >= 4 is 23.4 Å². The number of benzene rings is 2. The summed E-state index contributed by atoms with van der Waals surface area (Å²) < 4.78 is 2.40. The maximum Gasteiger partial charge on any atom is 0.113 e. The molecule has 0 aliphatic heterocycles. The number of halogens is 1. The van der Waals surface area contributed by atoms with Gasteiger partial charge in [0.25, 0.3) is 0 Å². The van der Waals surface area contributed by atoms with E-state index in [1.807, 2.05) is 0 Å². The molecule has 3 aromatic rings. The Labute approximate surface area is 131 Å². The first-order valence-corrected chi connectivity index (χ1v) is 7.32. The highest BCUT2D eigenvalue weighted by Gasteiger charge is 2.29. The molecule has 4 rings (SSSR count). The van der Waals surface area contributed by atoms with Crippen molar-refractivity contribution in [3.63, 3.8) is 0 Å². The smallest absolute Gasteiger partial charge is 0.113 e. The van der Waals surface area contributed by atoms with Gasteiger partial charge in [-0.2, -0.15) is 0 Å². The molecule has 0 amide bonds. The predicted molar refractivity (Wildman–Crippen MR) is 89.2 cm³/mol. The first-order chi connectivity index (χ1) is 9.81. The number of aryl methyl sites for hydroxylation is 1. The average molecular weight is 299 g/mol. The first kappa shape index (κ1) is 14.2. The van der Waals surface area contributed by atoms with Crippen molar-refractivity contribution in [2.45, 2.75) is 32.2 Å². The van der Waals surface area contributed by atoms with E-state index in [9.17, 15) is 0 Å². The maximum atomic E-state index is 4.86. The SMILES string of the molecule is Cc1cccc(Cn2c(C3CC3)nc3ccccc32)c1.Cl. The minimum absolute atomic E-state index is 0. The molecule has 0 saturated heterocycles. The van der Waals surface area contributed by atoms with Gasteiger partial charge in [-0.05, 0) is 37.5 Å². The van der Waals surface area contributed by atoms with E-state index < -0.39 is 0 Å². The quantitative estimate of drug-likeness (QED) is 0.686. The second-order valence-corrected chi connectivity index (χ2v) is 5.81. The van der Waals surface area contributed by atoms with Crippen molar-refractivity contribution < 1.29 is 0 Å². The van der Waals surface area contributed by atoms with E-state index in [1.165, 1.54) is 35.3 Å². The molecule has 2 nitrogen and oxygen atoms in total. The molecule has 0 unspecified atom stereocenters. The molecule has 1 saturated carbocycles. The van der Waals surface area contributed by atoms with E-state index in [4.69, 9.17) is 4.98 Å². The van der Waals surface area contributed by atoms with Crippen molar-refractivity contribution in [1.82, 2.24) is 9.55 Å². The third-order valence-electron chi connectivity index (χ3n) is 4.05. The van der Waals surface area contributed by atoms with Crippen LogP contribution in [-0.2, 0) is 6.54 Å². The number of rotatable bonds is 3. The highest BCUT2D eigenvalue weighted by molar-refractivity contribution is 5.85. The first-order valence-electron chi connectivity index (χ1n) is 7.32. The molecule has 1 aliphatic rings. The van der Waals surface area contributed by atoms with Gasteiger partial charge in [-0.3, -0.25) is 0 Å². The molecule has 3 heteroatoms. The van der Waals surface area contributed by atoms with Gasteiger partial charge in [0, 0.05) is 12.5 Å². The average Bonchev–Trinajstić information content (AvgIpc) is 3.23. The van der Waals surface area contributed by atoms with Crippen LogP contribution in [0.25, 0.3) is 11.0 Å². The number of hydrogen-bond acceptors (Lipinski definition) is 1. The molecule has 2 aromatic carbocycles. The molecular formula is C18H19ClN2. The van der Waals surface area contributed by atoms with E-state index in [0.29, 0.717) is 5.92 Å². The van der Waals surface area contributed by atoms with E-state index in [-0.39, 0.29) is 12.4 Å². The topological polar surface area (TPSA) is 17.8 Å². The molecule has 108 valence electrons. The molecule has 1 aliphatic carbocycles. The number of hydrogen-bond donors (Lipinski definition) is 0. The van der Waals surface area contributed by atoms with Crippen LogP contribution in [0.1, 0.15) is 35.7 Å². The largest absolute Gasteiger partial charge is 0.323 e. The molecule has 0 bridgehead atoms. The summed E-state index contributed by atoms with van der Waals surface area (Å²) in [5.41, 5.74) is 5.06. The van der Waals surface area contributed by atoms with Crippen LogP contribution in [0.2, 0.25) is 0 Å². The molecular weight excluding hydrogens is 280 g/mol. The zero-order valence-corrected chi connectivity index (χ0v) is 12.9. The highest BCUT2D eigenvalue weighted by Crippen LogP contribution is 2.40. The summed E-state index contributed by atoms with van der Waals surface area (Å²) in [6, 6.07) is 17.2. The summed E-state index contributed by atoms with van der Waals surface area (Å²) in [6.07, 6.45) is 2.58. The van der Waals surface area contributed by atoms with Gasteiger partial charge in [-0.15, -0.1) is 12.4 Å². The Kier molecular flexibility index (Phi) is 3.73. The summed E-state index contributed by atoms with van der Waals surface area (Å²) in [7, 11) is 0. The lowest BCUT2D eigenvalue weighted by Gasteiger charge is -2.09. The van der Waals surface area contributed by atoms with E-state index in [0.717, 1.165) is 12.1 Å². The van der Waals surface area contributed by atoms with Gasteiger partial charge in [0.1, 0.15) is 5.82 Å². The highest BCUT2D eigenvalue weighted by atomic mass is 35.5. The molecule has 21 heavy (non-hydrogen) atoms. The van der Waals surface area contributed by atoms with Gasteiger partial charge in [0.2, 0.25) is 0 Å². The van der Waals surface area contributed by atoms with E-state index >= 15 is 0 Å². The normalized spacial score (nSPS) is 14.1. The van der Waals surface area contributed by atoms with Gasteiger partial charge >= 0.3 is 0 Å². The number of nitrogens with zero attached hydrogens (tertiary/aromatic N) is 2. The third kappa shape index (κ3) is 2.68. The van der Waals surface area contributed by atoms with Crippen LogP contribution in [0.15, 0.2) is 48.5 Å². The van der Waals surface area contributed by atoms with Crippen LogP contribution >= 0.6 is 12.4 Å². The van der Waals surface area contributed by atoms with Crippen molar-refractivity contribution in [1.29, 1.82) is 0 Å². The van der Waals surface area contributed by atoms with Crippen molar-refractivity contribution in [2.24, 2.45) is 0 Å². The number of para-hydroxylation sites is 2. The lowest BCUT2D eigenvalue weighted by Crippen LogP contribution is -2.04. The van der Waals surface area contributed by atoms with Crippen LogP contribution in [0.5, 0.6) is 0 Å². The minimum Gasteiger partial charge on any atom is -0.323 e. The van der Waals surface area contributed by atoms with Crippen molar-refractivity contribution in [3.8, 4) is 0 Å². The van der Waals surface area contributed by atoms with E-state index in [2.05, 4.69) is 60.0 Å². The zero-order valence-electron chi connectivity index (χ0n) is 12.1. The van der Waals surface area contributed by atoms with Crippen LogP contribution in [0.4, 0.5) is 0 Å². The third-order valence-corrected chi connectivity index (χ3v) is 4.05. The fourth-order valence-electron chi connectivity index (χ4n) is 2.91. The van der Waals surface area contributed by atoms with E-state index in [1.54, 1.807) is 0 Å². The van der Waals surface area contributed by atoms with Crippen molar-refractivity contribution in [2.75, 3.05) is 0 Å². The molecule has 0 N–H and O–H groups in total. The summed E-state index contributed by atoms with van der Waals surface area (Å²) in [5, 5.41) is 0. The Bertz CT molecular complexity index is 772. The van der Waals surface area contributed by atoms with Crippen molar-refractivity contribution in [3.05, 3.63) is 65.5 Å². The maximum absolute atomic E-state index is 4.86. The molecule has 1 fully saturated rings. The Hall–Kier alpha value is -1.80. The zero-order chi connectivity index (χ0) is 13.5. The van der Waals surface area contributed by atoms with Crippen LogP contribution in [-0.4, -0.2) is 9.55 Å². The standard InChI is InChI=1S/C18H18N2.ClH/c1-13-5-4-6-14(11-13)12-20-17-8-3-2-7-16(17)19-18(20)15-9-10-15;/h2-8,11,15H,9-10,12H2,1H3;1H. The molecule has 1 heterocycles. The van der Waals surface area contributed by atoms with Gasteiger partial charge in [0.15, 0.2) is 0 Å². The molecule has 0 spiro atoms. The lowest BCUT2D eigenvalue weighted by molar-refractivity contribution is 0.746. The lowest BCUT2D eigenvalue weighted by atomic mass is 10.1. The predicted octanol–water partition coefficient (Wildman–Crippen LogP) is 4.69. The number of imidazole rings is 1. The van der Waals surface area contributed by atoms with Crippen LogP contribution in [0.3, 0.4) is 0 Å². The molecule has 0 atom stereocenters. The summed E-state index contributed by atoms with van der Waals surface area (Å²) in [6.45, 7) is 3.07. The number of fused-ring (bicyclic) bond motifs is 1. The van der Waals surface area contributed by atoms with Crippen LogP contribution < -0.4 is 0 Å². The fraction of sp³-hybridized carbons (Fsp3) is 0.278. The van der Waals surface area contributed by atoms with Crippen LogP contribution in [0, 0.1) is 6.92 Å². The Balaban J connectivity index is 0.00000132. The second-order valence-electron chi connectivity index (χ2n) is 5.81. The Morgan fingerprint density at radius 2 is 1.90 bits per heavy atom. The number of aromatic nitrogens is 2. The monoisotopic (exact) mass is 298 g/mol.